The molecule has 126 valence electrons. The highest BCUT2D eigenvalue weighted by molar-refractivity contribution is 6.03. The van der Waals surface area contributed by atoms with Gasteiger partial charge in [-0.15, -0.1) is 0 Å². The van der Waals surface area contributed by atoms with Crippen molar-refractivity contribution in [2.75, 3.05) is 10.6 Å². The van der Waals surface area contributed by atoms with Gasteiger partial charge in [0.2, 0.25) is 0 Å². The van der Waals surface area contributed by atoms with Gasteiger partial charge in [0.25, 0.3) is 5.91 Å². The van der Waals surface area contributed by atoms with E-state index in [2.05, 4.69) is 20.6 Å². The number of carbonyl (C=O) groups is 1. The normalized spacial score (nSPS) is 15.5. The average Bonchev–Trinajstić information content (AvgIpc) is 2.86. The summed E-state index contributed by atoms with van der Waals surface area (Å²) in [5, 5.41) is 6.31. The molecule has 2 aromatic rings. The highest BCUT2D eigenvalue weighted by Crippen LogP contribution is 2.20. The largest absolute Gasteiger partial charge is 0.366 e. The molecule has 0 bridgehead atoms. The molecule has 0 spiro atoms. The summed E-state index contributed by atoms with van der Waals surface area (Å²) in [6.07, 6.45) is 10.7. The Morgan fingerprint density at radius 3 is 2.46 bits per heavy atom. The maximum absolute atomic E-state index is 12.3. The SMILES string of the molecule is Cc1ccccc1NC(=O)c1cnc(NC2CCCCCC2)cn1. The Balaban J connectivity index is 1.61. The first kappa shape index (κ1) is 16.4. The number of anilines is 2. The van der Waals surface area contributed by atoms with Crippen LogP contribution in [0, 0.1) is 6.92 Å². The Morgan fingerprint density at radius 1 is 1.04 bits per heavy atom. The first-order chi connectivity index (χ1) is 11.7. The molecule has 1 amide bonds. The molecule has 0 radical (unpaired) electrons. The summed E-state index contributed by atoms with van der Waals surface area (Å²) in [5.74, 6) is 0.507. The lowest BCUT2D eigenvalue weighted by Crippen LogP contribution is -2.20. The standard InChI is InChI=1S/C19H24N4O/c1-14-8-6-7-11-16(14)23-19(24)17-12-21-18(13-20-17)22-15-9-4-2-3-5-10-15/h6-8,11-13,15H,2-5,9-10H2,1H3,(H,21,22)(H,23,24). The summed E-state index contributed by atoms with van der Waals surface area (Å²) in [4.78, 5) is 20.9. The van der Waals surface area contributed by atoms with E-state index in [0.717, 1.165) is 17.1 Å². The lowest BCUT2D eigenvalue weighted by molar-refractivity contribution is 0.102. The smallest absolute Gasteiger partial charge is 0.275 e. The molecule has 1 aliphatic rings. The van der Waals surface area contributed by atoms with Gasteiger partial charge < -0.3 is 10.6 Å². The molecule has 3 rings (SSSR count). The summed E-state index contributed by atoms with van der Waals surface area (Å²) in [6.45, 7) is 1.96. The van der Waals surface area contributed by atoms with Crippen molar-refractivity contribution in [2.45, 2.75) is 51.5 Å². The van der Waals surface area contributed by atoms with Crippen LogP contribution >= 0.6 is 0 Å². The van der Waals surface area contributed by atoms with Gasteiger partial charge in [-0.1, -0.05) is 43.9 Å². The number of hydrogen-bond donors (Lipinski definition) is 2. The molecule has 0 atom stereocenters. The number of hydrogen-bond acceptors (Lipinski definition) is 4. The number of rotatable bonds is 4. The first-order valence-corrected chi connectivity index (χ1v) is 8.68. The van der Waals surface area contributed by atoms with E-state index >= 15 is 0 Å². The number of para-hydroxylation sites is 1. The summed E-state index contributed by atoms with van der Waals surface area (Å²) in [7, 11) is 0. The molecular weight excluding hydrogens is 300 g/mol. The Bertz CT molecular complexity index is 676. The minimum Gasteiger partial charge on any atom is -0.366 e. The highest BCUT2D eigenvalue weighted by Gasteiger charge is 2.14. The summed E-state index contributed by atoms with van der Waals surface area (Å²) >= 11 is 0. The molecule has 5 heteroatoms. The molecule has 0 saturated heterocycles. The monoisotopic (exact) mass is 324 g/mol. The van der Waals surface area contributed by atoms with E-state index < -0.39 is 0 Å². The molecule has 1 saturated carbocycles. The zero-order valence-electron chi connectivity index (χ0n) is 14.1. The van der Waals surface area contributed by atoms with Gasteiger partial charge in [-0.3, -0.25) is 4.79 Å². The number of aromatic nitrogens is 2. The average molecular weight is 324 g/mol. The van der Waals surface area contributed by atoms with Gasteiger partial charge in [0.15, 0.2) is 0 Å². The first-order valence-electron chi connectivity index (χ1n) is 8.68. The van der Waals surface area contributed by atoms with Crippen molar-refractivity contribution in [2.24, 2.45) is 0 Å². The van der Waals surface area contributed by atoms with Crippen LogP contribution in [0.2, 0.25) is 0 Å². The maximum Gasteiger partial charge on any atom is 0.275 e. The van der Waals surface area contributed by atoms with Gasteiger partial charge in [0, 0.05) is 11.7 Å². The molecule has 24 heavy (non-hydrogen) atoms. The second-order valence-electron chi connectivity index (χ2n) is 6.39. The van der Waals surface area contributed by atoms with Gasteiger partial charge in [0.1, 0.15) is 11.5 Å². The van der Waals surface area contributed by atoms with E-state index in [9.17, 15) is 4.79 Å². The molecule has 1 aromatic heterocycles. The predicted molar refractivity (Wildman–Crippen MR) is 96.3 cm³/mol. The van der Waals surface area contributed by atoms with Gasteiger partial charge >= 0.3 is 0 Å². The quantitative estimate of drug-likeness (QED) is 0.828. The minimum atomic E-state index is -0.238. The van der Waals surface area contributed by atoms with Gasteiger partial charge in [-0.25, -0.2) is 9.97 Å². The highest BCUT2D eigenvalue weighted by atomic mass is 16.1. The van der Waals surface area contributed by atoms with E-state index in [0.29, 0.717) is 11.7 Å². The number of nitrogens with one attached hydrogen (secondary N) is 2. The second kappa shape index (κ2) is 7.90. The molecular formula is C19H24N4O. The molecule has 1 aromatic carbocycles. The van der Waals surface area contributed by atoms with Gasteiger partial charge in [-0.2, -0.15) is 0 Å². The van der Waals surface area contributed by atoms with Crippen LogP contribution in [-0.2, 0) is 0 Å². The molecule has 0 unspecified atom stereocenters. The minimum absolute atomic E-state index is 0.238. The van der Waals surface area contributed by atoms with Crippen molar-refractivity contribution >= 4 is 17.4 Å². The Kier molecular flexibility index (Phi) is 5.41. The molecule has 1 heterocycles. The van der Waals surface area contributed by atoms with Crippen LogP contribution in [0.4, 0.5) is 11.5 Å². The van der Waals surface area contributed by atoms with Crippen LogP contribution in [0.15, 0.2) is 36.7 Å². The number of amides is 1. The lowest BCUT2D eigenvalue weighted by Gasteiger charge is -2.16. The van der Waals surface area contributed by atoms with E-state index in [1.807, 2.05) is 31.2 Å². The Labute approximate surface area is 142 Å². The Hall–Kier alpha value is -2.43. The van der Waals surface area contributed by atoms with Gasteiger partial charge in [-0.05, 0) is 31.4 Å². The number of benzene rings is 1. The number of nitrogens with zero attached hydrogens (tertiary/aromatic N) is 2. The second-order valence-corrected chi connectivity index (χ2v) is 6.39. The van der Waals surface area contributed by atoms with E-state index in [4.69, 9.17) is 0 Å². The number of carbonyl (C=O) groups excluding carboxylic acids is 1. The van der Waals surface area contributed by atoms with Gasteiger partial charge in [0.05, 0.1) is 12.4 Å². The fraction of sp³-hybridized carbons (Fsp3) is 0.421. The third-order valence-electron chi connectivity index (χ3n) is 4.48. The van der Waals surface area contributed by atoms with Crippen molar-refractivity contribution in [1.29, 1.82) is 0 Å². The Morgan fingerprint density at radius 2 is 1.79 bits per heavy atom. The fourth-order valence-electron chi connectivity index (χ4n) is 3.05. The van der Waals surface area contributed by atoms with Crippen LogP contribution in [0.5, 0.6) is 0 Å². The van der Waals surface area contributed by atoms with E-state index in [-0.39, 0.29) is 5.91 Å². The van der Waals surface area contributed by atoms with Crippen LogP contribution in [-0.4, -0.2) is 21.9 Å². The van der Waals surface area contributed by atoms with Crippen molar-refractivity contribution in [3.05, 3.63) is 47.9 Å². The molecule has 1 aliphatic carbocycles. The zero-order chi connectivity index (χ0) is 16.8. The van der Waals surface area contributed by atoms with Crippen molar-refractivity contribution in [1.82, 2.24) is 9.97 Å². The maximum atomic E-state index is 12.3. The predicted octanol–water partition coefficient (Wildman–Crippen LogP) is 4.17. The lowest BCUT2D eigenvalue weighted by atomic mass is 10.1. The fourth-order valence-corrected chi connectivity index (χ4v) is 3.05. The third-order valence-corrected chi connectivity index (χ3v) is 4.48. The molecule has 1 fully saturated rings. The van der Waals surface area contributed by atoms with Crippen molar-refractivity contribution in [3.8, 4) is 0 Å². The van der Waals surface area contributed by atoms with Crippen LogP contribution < -0.4 is 10.6 Å². The number of aryl methyl sites for hydroxylation is 1. The van der Waals surface area contributed by atoms with Crippen LogP contribution in [0.1, 0.15) is 54.6 Å². The topological polar surface area (TPSA) is 66.9 Å². The molecule has 0 aliphatic heterocycles. The molecule has 2 N–H and O–H groups in total. The molecule has 5 nitrogen and oxygen atoms in total. The van der Waals surface area contributed by atoms with Crippen LogP contribution in [0.3, 0.4) is 0 Å². The van der Waals surface area contributed by atoms with Crippen molar-refractivity contribution < 1.29 is 4.79 Å². The van der Waals surface area contributed by atoms with Crippen molar-refractivity contribution in [3.63, 3.8) is 0 Å². The van der Waals surface area contributed by atoms with E-state index in [1.165, 1.54) is 44.7 Å². The van der Waals surface area contributed by atoms with Crippen LogP contribution in [0.25, 0.3) is 0 Å². The van der Waals surface area contributed by atoms with E-state index in [1.54, 1.807) is 6.20 Å². The zero-order valence-corrected chi connectivity index (χ0v) is 14.1. The summed E-state index contributed by atoms with van der Waals surface area (Å²) in [5.41, 5.74) is 2.14. The summed E-state index contributed by atoms with van der Waals surface area (Å²) < 4.78 is 0. The summed E-state index contributed by atoms with van der Waals surface area (Å²) in [6, 6.07) is 8.14. The third kappa shape index (κ3) is 4.31.